The van der Waals surface area contributed by atoms with Gasteiger partial charge in [-0.3, -0.25) is 10.1 Å². The standard InChI is InChI=1S/C15H28N4O2S/c1-15(2,3)10-16-14(21)19-6-4-5-18(7-8-19)13(20)12-9-22-11-17-12/h12,17H,4-11H2,1-3H3,(H,16,21). The van der Waals surface area contributed by atoms with Crippen LogP contribution >= 0.6 is 11.8 Å². The first-order chi connectivity index (χ1) is 10.4. The Labute approximate surface area is 137 Å². The summed E-state index contributed by atoms with van der Waals surface area (Å²) >= 11 is 1.76. The lowest BCUT2D eigenvalue weighted by molar-refractivity contribution is -0.132. The summed E-state index contributed by atoms with van der Waals surface area (Å²) in [5.74, 6) is 1.89. The van der Waals surface area contributed by atoms with Crippen LogP contribution in [0.15, 0.2) is 0 Å². The first-order valence-corrected chi connectivity index (χ1v) is 9.15. The number of urea groups is 1. The molecule has 0 saturated carbocycles. The van der Waals surface area contributed by atoms with Gasteiger partial charge in [0.15, 0.2) is 0 Å². The SMILES string of the molecule is CC(C)(C)CNC(=O)N1CCCN(C(=O)C2CSCN2)CC1. The summed E-state index contributed by atoms with van der Waals surface area (Å²) in [4.78, 5) is 28.4. The van der Waals surface area contributed by atoms with Gasteiger partial charge in [0.25, 0.3) is 0 Å². The molecule has 22 heavy (non-hydrogen) atoms. The number of thioether (sulfide) groups is 1. The van der Waals surface area contributed by atoms with Crippen molar-refractivity contribution in [3.8, 4) is 0 Å². The number of carbonyl (C=O) groups is 2. The molecule has 3 amide bonds. The molecule has 0 spiro atoms. The molecule has 2 saturated heterocycles. The second kappa shape index (κ2) is 7.55. The second-order valence-electron chi connectivity index (χ2n) is 7.16. The predicted octanol–water partition coefficient (Wildman–Crippen LogP) is 0.939. The Hall–Kier alpha value is -0.950. The van der Waals surface area contributed by atoms with Gasteiger partial charge in [0.05, 0.1) is 6.04 Å². The number of carbonyl (C=O) groups excluding carboxylic acids is 2. The third-order valence-electron chi connectivity index (χ3n) is 3.88. The normalized spacial score (nSPS) is 23.3. The summed E-state index contributed by atoms with van der Waals surface area (Å²) in [5.41, 5.74) is 0.0787. The molecule has 2 heterocycles. The molecule has 1 atom stereocenters. The number of nitrogens with one attached hydrogen (secondary N) is 2. The van der Waals surface area contributed by atoms with Crippen molar-refractivity contribution in [3.05, 3.63) is 0 Å². The monoisotopic (exact) mass is 328 g/mol. The first-order valence-electron chi connectivity index (χ1n) is 7.99. The van der Waals surface area contributed by atoms with Gasteiger partial charge in [-0.2, -0.15) is 0 Å². The van der Waals surface area contributed by atoms with E-state index in [1.54, 1.807) is 11.8 Å². The molecule has 0 radical (unpaired) electrons. The minimum absolute atomic E-state index is 0.0150. The van der Waals surface area contributed by atoms with Crippen molar-refractivity contribution in [2.45, 2.75) is 33.2 Å². The van der Waals surface area contributed by atoms with Crippen molar-refractivity contribution in [2.24, 2.45) is 5.41 Å². The number of hydrogen-bond donors (Lipinski definition) is 2. The zero-order valence-corrected chi connectivity index (χ0v) is 14.7. The number of nitrogens with zero attached hydrogens (tertiary/aromatic N) is 2. The van der Waals surface area contributed by atoms with Gasteiger partial charge in [-0.25, -0.2) is 4.79 Å². The molecule has 7 heteroatoms. The topological polar surface area (TPSA) is 64.7 Å². The van der Waals surface area contributed by atoms with Gasteiger partial charge in [0, 0.05) is 44.4 Å². The van der Waals surface area contributed by atoms with E-state index < -0.39 is 0 Å². The zero-order valence-electron chi connectivity index (χ0n) is 13.9. The maximum absolute atomic E-state index is 12.4. The molecule has 126 valence electrons. The van der Waals surface area contributed by atoms with Gasteiger partial charge in [-0.1, -0.05) is 20.8 Å². The molecular weight excluding hydrogens is 300 g/mol. The number of rotatable bonds is 2. The molecule has 2 aliphatic rings. The van der Waals surface area contributed by atoms with Crippen LogP contribution in [-0.4, -0.2) is 72.1 Å². The van der Waals surface area contributed by atoms with Crippen molar-refractivity contribution in [1.29, 1.82) is 0 Å². The van der Waals surface area contributed by atoms with Gasteiger partial charge in [0.2, 0.25) is 5.91 Å². The third kappa shape index (κ3) is 5.05. The van der Waals surface area contributed by atoms with Crippen LogP contribution in [0.3, 0.4) is 0 Å². The number of hydrogen-bond acceptors (Lipinski definition) is 4. The second-order valence-corrected chi connectivity index (χ2v) is 8.19. The van der Waals surface area contributed by atoms with E-state index in [0.717, 1.165) is 24.6 Å². The minimum atomic E-state index is -0.0498. The maximum atomic E-state index is 12.4. The van der Waals surface area contributed by atoms with Crippen LogP contribution in [0, 0.1) is 5.41 Å². The smallest absolute Gasteiger partial charge is 0.317 e. The fourth-order valence-corrected chi connectivity index (χ4v) is 3.50. The van der Waals surface area contributed by atoms with Crippen molar-refractivity contribution >= 4 is 23.7 Å². The highest BCUT2D eigenvalue weighted by Gasteiger charge is 2.29. The molecule has 0 aliphatic carbocycles. The molecule has 6 nitrogen and oxygen atoms in total. The third-order valence-corrected chi connectivity index (χ3v) is 4.82. The summed E-state index contributed by atoms with van der Waals surface area (Å²) < 4.78 is 0. The molecule has 0 aromatic rings. The van der Waals surface area contributed by atoms with Crippen LogP contribution in [0.1, 0.15) is 27.2 Å². The molecule has 2 rings (SSSR count). The molecule has 2 aliphatic heterocycles. The molecule has 0 bridgehead atoms. The summed E-state index contributed by atoms with van der Waals surface area (Å²) in [6, 6.07) is -0.0648. The molecule has 0 aromatic heterocycles. The molecule has 2 N–H and O–H groups in total. The average molecular weight is 328 g/mol. The molecule has 2 fully saturated rings. The Bertz CT molecular complexity index is 405. The van der Waals surface area contributed by atoms with Gasteiger partial charge >= 0.3 is 6.03 Å². The van der Waals surface area contributed by atoms with Crippen LogP contribution in [0.5, 0.6) is 0 Å². The van der Waals surface area contributed by atoms with Gasteiger partial charge in [-0.05, 0) is 11.8 Å². The Morgan fingerprint density at radius 1 is 1.18 bits per heavy atom. The first kappa shape index (κ1) is 17.4. The van der Waals surface area contributed by atoms with Crippen molar-refractivity contribution < 1.29 is 9.59 Å². The van der Waals surface area contributed by atoms with E-state index in [4.69, 9.17) is 0 Å². The van der Waals surface area contributed by atoms with Gasteiger partial charge < -0.3 is 15.1 Å². The Balaban J connectivity index is 1.81. The Morgan fingerprint density at radius 2 is 1.86 bits per heavy atom. The van der Waals surface area contributed by atoms with E-state index in [-0.39, 0.29) is 23.4 Å². The molecular formula is C15H28N4O2S. The van der Waals surface area contributed by atoms with E-state index in [2.05, 4.69) is 31.4 Å². The average Bonchev–Trinajstić information content (AvgIpc) is 2.87. The van der Waals surface area contributed by atoms with Crippen molar-refractivity contribution in [2.75, 3.05) is 44.4 Å². The zero-order chi connectivity index (χ0) is 16.2. The van der Waals surface area contributed by atoms with E-state index in [0.29, 0.717) is 26.2 Å². The lowest BCUT2D eigenvalue weighted by Gasteiger charge is -2.26. The Kier molecular flexibility index (Phi) is 5.97. The van der Waals surface area contributed by atoms with Gasteiger partial charge in [0.1, 0.15) is 0 Å². The summed E-state index contributed by atoms with van der Waals surface area (Å²) in [6.07, 6.45) is 0.842. The van der Waals surface area contributed by atoms with Crippen LogP contribution in [0.2, 0.25) is 0 Å². The number of amides is 3. The predicted molar refractivity (Wildman–Crippen MR) is 89.9 cm³/mol. The summed E-state index contributed by atoms with van der Waals surface area (Å²) in [6.45, 7) is 9.66. The van der Waals surface area contributed by atoms with Crippen LogP contribution in [0.25, 0.3) is 0 Å². The highest BCUT2D eigenvalue weighted by atomic mass is 32.2. The highest BCUT2D eigenvalue weighted by molar-refractivity contribution is 7.99. The van der Waals surface area contributed by atoms with E-state index >= 15 is 0 Å². The van der Waals surface area contributed by atoms with E-state index in [1.165, 1.54) is 0 Å². The van der Waals surface area contributed by atoms with Crippen LogP contribution in [0.4, 0.5) is 4.79 Å². The van der Waals surface area contributed by atoms with Gasteiger partial charge in [-0.15, -0.1) is 11.8 Å². The Morgan fingerprint density at radius 3 is 2.50 bits per heavy atom. The van der Waals surface area contributed by atoms with Crippen molar-refractivity contribution in [1.82, 2.24) is 20.4 Å². The van der Waals surface area contributed by atoms with Crippen LogP contribution in [-0.2, 0) is 4.79 Å². The lowest BCUT2D eigenvalue weighted by Crippen LogP contribution is -2.47. The van der Waals surface area contributed by atoms with E-state index in [1.807, 2.05) is 9.80 Å². The van der Waals surface area contributed by atoms with E-state index in [9.17, 15) is 9.59 Å². The minimum Gasteiger partial charge on any atom is -0.339 e. The fourth-order valence-electron chi connectivity index (χ4n) is 2.57. The van der Waals surface area contributed by atoms with Crippen LogP contribution < -0.4 is 10.6 Å². The largest absolute Gasteiger partial charge is 0.339 e. The lowest BCUT2D eigenvalue weighted by atomic mass is 9.97. The fraction of sp³-hybridized carbons (Fsp3) is 0.867. The molecule has 0 aromatic carbocycles. The molecule has 1 unspecified atom stereocenters. The summed E-state index contributed by atoms with van der Waals surface area (Å²) in [7, 11) is 0. The maximum Gasteiger partial charge on any atom is 0.317 e. The summed E-state index contributed by atoms with van der Waals surface area (Å²) in [5, 5.41) is 6.21. The van der Waals surface area contributed by atoms with Crippen molar-refractivity contribution in [3.63, 3.8) is 0 Å². The highest BCUT2D eigenvalue weighted by Crippen LogP contribution is 2.14. The quantitative estimate of drug-likeness (QED) is 0.792.